The number of ether oxygens (including phenoxy) is 1. The Morgan fingerprint density at radius 1 is 1.23 bits per heavy atom. The summed E-state index contributed by atoms with van der Waals surface area (Å²) in [5.74, 6) is -0.288. The summed E-state index contributed by atoms with van der Waals surface area (Å²) in [6.07, 6.45) is 2.62. The molecule has 2 fully saturated rings. The molecule has 0 saturated carbocycles. The van der Waals surface area contributed by atoms with Crippen molar-refractivity contribution < 1.29 is 18.7 Å². The summed E-state index contributed by atoms with van der Waals surface area (Å²) in [6, 6.07) is 4.94. The molecule has 0 spiro atoms. The molecule has 2 saturated heterocycles. The molecule has 3 atom stereocenters. The smallest absolute Gasteiger partial charge is 0.284 e. The van der Waals surface area contributed by atoms with E-state index < -0.39 is 5.91 Å². The number of pyridine rings is 1. The molecule has 0 radical (unpaired) electrons. The molecule has 31 heavy (non-hydrogen) atoms. The SMILES string of the molecule is Cc1ccc2c(CCCC(=O)N3CC[C@@H](N4C(C)COCC4C)C3)c(C(N)=O)oc2n1. The zero-order valence-corrected chi connectivity index (χ0v) is 18.6. The number of furan rings is 1. The van der Waals surface area contributed by atoms with Crippen LogP contribution in [0.4, 0.5) is 0 Å². The zero-order valence-electron chi connectivity index (χ0n) is 18.6. The third kappa shape index (κ3) is 4.45. The van der Waals surface area contributed by atoms with Crippen LogP contribution in [0.2, 0.25) is 0 Å². The van der Waals surface area contributed by atoms with Crippen LogP contribution >= 0.6 is 0 Å². The first-order valence-electron chi connectivity index (χ1n) is 11.2. The lowest BCUT2D eigenvalue weighted by atomic mass is 10.0. The molecule has 2 aliphatic heterocycles. The highest BCUT2D eigenvalue weighted by molar-refractivity contribution is 5.97. The molecule has 4 rings (SSSR count). The molecule has 168 valence electrons. The standard InChI is InChI=1S/C23H32N4O4/c1-14-7-8-19-18(21(22(24)29)31-23(19)25-14)5-4-6-20(28)26-10-9-17(11-26)27-15(2)12-30-13-16(27)3/h7-8,15-17H,4-6,9-13H2,1-3H3,(H2,24,29)/t15?,16?,17-/m1/s1. The molecule has 0 aliphatic carbocycles. The molecule has 8 nitrogen and oxygen atoms in total. The van der Waals surface area contributed by atoms with E-state index in [0.717, 1.165) is 49.4 Å². The maximum atomic E-state index is 12.8. The van der Waals surface area contributed by atoms with Gasteiger partial charge in [-0.15, -0.1) is 0 Å². The first kappa shape index (κ1) is 21.8. The fourth-order valence-electron chi connectivity index (χ4n) is 5.09. The Morgan fingerprint density at radius 3 is 2.68 bits per heavy atom. The van der Waals surface area contributed by atoms with Crippen LogP contribution in [0.1, 0.15) is 54.9 Å². The number of morpholine rings is 1. The number of hydrogen-bond donors (Lipinski definition) is 1. The summed E-state index contributed by atoms with van der Waals surface area (Å²) < 4.78 is 11.2. The Kier molecular flexibility index (Phi) is 6.29. The van der Waals surface area contributed by atoms with Crippen molar-refractivity contribution in [3.63, 3.8) is 0 Å². The number of nitrogens with zero attached hydrogens (tertiary/aromatic N) is 3. The Hall–Kier alpha value is -2.45. The topological polar surface area (TPSA) is 102 Å². The van der Waals surface area contributed by atoms with Crippen LogP contribution in [-0.4, -0.2) is 71.0 Å². The van der Waals surface area contributed by atoms with E-state index >= 15 is 0 Å². The van der Waals surface area contributed by atoms with Gasteiger partial charge in [-0.25, -0.2) is 4.98 Å². The van der Waals surface area contributed by atoms with Crippen molar-refractivity contribution >= 4 is 22.9 Å². The second kappa shape index (κ2) is 8.96. The van der Waals surface area contributed by atoms with Gasteiger partial charge < -0.3 is 19.8 Å². The number of nitrogens with two attached hydrogens (primary N) is 1. The van der Waals surface area contributed by atoms with Crippen LogP contribution in [0, 0.1) is 6.92 Å². The fourth-order valence-corrected chi connectivity index (χ4v) is 5.09. The van der Waals surface area contributed by atoms with Gasteiger partial charge in [-0.05, 0) is 52.2 Å². The van der Waals surface area contributed by atoms with Crippen molar-refractivity contribution in [2.24, 2.45) is 5.73 Å². The van der Waals surface area contributed by atoms with Crippen LogP contribution < -0.4 is 5.73 Å². The molecule has 2 aliphatic rings. The molecule has 2 amide bonds. The molecule has 2 unspecified atom stereocenters. The number of fused-ring (bicyclic) bond motifs is 1. The van der Waals surface area contributed by atoms with Gasteiger partial charge in [-0.2, -0.15) is 0 Å². The summed E-state index contributed by atoms with van der Waals surface area (Å²) in [7, 11) is 0. The highest BCUT2D eigenvalue weighted by Gasteiger charge is 2.36. The predicted molar refractivity (Wildman–Crippen MR) is 117 cm³/mol. The van der Waals surface area contributed by atoms with Gasteiger partial charge in [0.2, 0.25) is 11.6 Å². The summed E-state index contributed by atoms with van der Waals surface area (Å²) >= 11 is 0. The molecule has 0 bridgehead atoms. The molecular formula is C23H32N4O4. The lowest BCUT2D eigenvalue weighted by molar-refractivity contribution is -0.130. The number of likely N-dealkylation sites (tertiary alicyclic amines) is 1. The van der Waals surface area contributed by atoms with E-state index in [9.17, 15) is 9.59 Å². The number of rotatable bonds is 6. The molecule has 2 aromatic rings. The quantitative estimate of drug-likeness (QED) is 0.757. The largest absolute Gasteiger partial charge is 0.432 e. The molecule has 8 heteroatoms. The van der Waals surface area contributed by atoms with E-state index in [4.69, 9.17) is 14.9 Å². The first-order valence-corrected chi connectivity index (χ1v) is 11.2. The van der Waals surface area contributed by atoms with Gasteiger partial charge in [0, 0.05) is 54.3 Å². The van der Waals surface area contributed by atoms with Gasteiger partial charge in [-0.1, -0.05) is 0 Å². The lowest BCUT2D eigenvalue weighted by Crippen LogP contribution is -2.55. The third-order valence-corrected chi connectivity index (χ3v) is 6.51. The minimum atomic E-state index is -0.604. The number of carbonyl (C=O) groups excluding carboxylic acids is 2. The van der Waals surface area contributed by atoms with Gasteiger partial charge in [0.05, 0.1) is 13.2 Å². The summed E-state index contributed by atoms with van der Waals surface area (Å²) in [4.78, 5) is 33.5. The average Bonchev–Trinajstić information content (AvgIpc) is 3.33. The van der Waals surface area contributed by atoms with Gasteiger partial charge >= 0.3 is 0 Å². The molecular weight excluding hydrogens is 396 g/mol. The summed E-state index contributed by atoms with van der Waals surface area (Å²) in [5.41, 5.74) is 7.49. The van der Waals surface area contributed by atoms with Gasteiger partial charge in [0.25, 0.3) is 5.91 Å². The van der Waals surface area contributed by atoms with Crippen molar-refractivity contribution in [1.82, 2.24) is 14.8 Å². The van der Waals surface area contributed by atoms with Crippen molar-refractivity contribution in [3.8, 4) is 0 Å². The molecule has 2 aromatic heterocycles. The van der Waals surface area contributed by atoms with Crippen molar-refractivity contribution in [2.45, 2.75) is 64.6 Å². The van der Waals surface area contributed by atoms with E-state index in [1.165, 1.54) is 0 Å². The number of primary amides is 1. The normalized spacial score (nSPS) is 24.7. The second-order valence-corrected chi connectivity index (χ2v) is 8.90. The van der Waals surface area contributed by atoms with E-state index in [1.807, 2.05) is 24.0 Å². The number of amides is 2. The van der Waals surface area contributed by atoms with Gasteiger partial charge in [0.1, 0.15) is 0 Å². The maximum Gasteiger partial charge on any atom is 0.284 e. The first-order chi connectivity index (χ1) is 14.8. The Labute approximate surface area is 182 Å². The zero-order chi connectivity index (χ0) is 22.1. The van der Waals surface area contributed by atoms with Gasteiger partial charge in [0.15, 0.2) is 5.76 Å². The van der Waals surface area contributed by atoms with Crippen LogP contribution in [0.5, 0.6) is 0 Å². The second-order valence-electron chi connectivity index (χ2n) is 8.90. The van der Waals surface area contributed by atoms with E-state index in [2.05, 4.69) is 23.7 Å². The van der Waals surface area contributed by atoms with Crippen LogP contribution in [-0.2, 0) is 16.0 Å². The summed E-state index contributed by atoms with van der Waals surface area (Å²) in [5, 5.41) is 0.795. The highest BCUT2D eigenvalue weighted by atomic mass is 16.5. The van der Waals surface area contributed by atoms with Crippen molar-refractivity contribution in [2.75, 3.05) is 26.3 Å². The number of aryl methyl sites for hydroxylation is 2. The number of carbonyl (C=O) groups is 2. The van der Waals surface area contributed by atoms with Gasteiger partial charge in [-0.3, -0.25) is 14.5 Å². The van der Waals surface area contributed by atoms with Crippen molar-refractivity contribution in [3.05, 3.63) is 29.2 Å². The maximum absolute atomic E-state index is 12.8. The highest BCUT2D eigenvalue weighted by Crippen LogP contribution is 2.27. The number of aromatic nitrogens is 1. The molecule has 4 heterocycles. The molecule has 0 aromatic carbocycles. The fraction of sp³-hybridized carbons (Fsp3) is 0.609. The predicted octanol–water partition coefficient (Wildman–Crippen LogP) is 2.27. The average molecular weight is 429 g/mol. The van der Waals surface area contributed by atoms with Crippen LogP contribution in [0.15, 0.2) is 16.5 Å². The molecule has 2 N–H and O–H groups in total. The Morgan fingerprint density at radius 2 is 1.97 bits per heavy atom. The third-order valence-electron chi connectivity index (χ3n) is 6.51. The Bertz CT molecular complexity index is 962. The van der Waals surface area contributed by atoms with Crippen LogP contribution in [0.3, 0.4) is 0 Å². The van der Waals surface area contributed by atoms with E-state index in [0.29, 0.717) is 43.1 Å². The van der Waals surface area contributed by atoms with E-state index in [1.54, 1.807) is 0 Å². The Balaban J connectivity index is 1.36. The van der Waals surface area contributed by atoms with E-state index in [-0.39, 0.29) is 11.7 Å². The minimum Gasteiger partial charge on any atom is -0.432 e. The van der Waals surface area contributed by atoms with Crippen LogP contribution in [0.25, 0.3) is 11.1 Å². The number of hydrogen-bond acceptors (Lipinski definition) is 6. The minimum absolute atomic E-state index is 0.150. The van der Waals surface area contributed by atoms with Crippen molar-refractivity contribution in [1.29, 1.82) is 0 Å². The lowest BCUT2D eigenvalue weighted by Gasteiger charge is -2.42. The summed E-state index contributed by atoms with van der Waals surface area (Å²) in [6.45, 7) is 9.34. The monoisotopic (exact) mass is 428 g/mol.